The van der Waals surface area contributed by atoms with E-state index in [1.807, 2.05) is 0 Å². The van der Waals surface area contributed by atoms with Crippen molar-refractivity contribution in [2.45, 2.75) is 18.9 Å². The second-order valence-electron chi connectivity index (χ2n) is 5.07. The molecular formula is C14H15FN4O. The Hall–Kier alpha value is -2.24. The number of carbonyl (C=O) groups excluding carboxylic acids is 1. The summed E-state index contributed by atoms with van der Waals surface area (Å²) in [7, 11) is 3.31. The van der Waals surface area contributed by atoms with Crippen LogP contribution in [0.2, 0.25) is 0 Å². The Morgan fingerprint density at radius 2 is 2.15 bits per heavy atom. The van der Waals surface area contributed by atoms with Crippen LogP contribution in [0.15, 0.2) is 24.3 Å². The van der Waals surface area contributed by atoms with Gasteiger partial charge in [0, 0.05) is 26.1 Å². The average Bonchev–Trinajstić information content (AvgIpc) is 2.98. The van der Waals surface area contributed by atoms with E-state index in [0.29, 0.717) is 12.0 Å². The molecule has 20 heavy (non-hydrogen) atoms. The Labute approximate surface area is 116 Å². The molecule has 3 rings (SSSR count). The summed E-state index contributed by atoms with van der Waals surface area (Å²) in [5, 5.41) is 4.26. The third kappa shape index (κ3) is 1.97. The predicted octanol–water partition coefficient (Wildman–Crippen LogP) is 1.65. The van der Waals surface area contributed by atoms with Crippen molar-refractivity contribution in [1.29, 1.82) is 0 Å². The second-order valence-corrected chi connectivity index (χ2v) is 5.07. The fourth-order valence-electron chi connectivity index (χ4n) is 2.49. The average molecular weight is 274 g/mol. The highest BCUT2D eigenvalue weighted by Gasteiger charge is 2.30. The molecule has 1 amide bonds. The van der Waals surface area contributed by atoms with Crippen LogP contribution in [0.3, 0.4) is 0 Å². The molecule has 1 unspecified atom stereocenters. The number of hydrogen-bond acceptors (Lipinski definition) is 3. The topological polar surface area (TPSA) is 51.0 Å². The van der Waals surface area contributed by atoms with Gasteiger partial charge in [-0.25, -0.2) is 14.1 Å². The quantitative estimate of drug-likeness (QED) is 0.836. The number of fused-ring (bicyclic) bond motifs is 1. The molecule has 0 radical (unpaired) electrons. The normalized spacial score (nSPS) is 17.1. The van der Waals surface area contributed by atoms with Crippen LogP contribution >= 0.6 is 0 Å². The van der Waals surface area contributed by atoms with Crippen LogP contribution in [0.5, 0.6) is 0 Å². The van der Waals surface area contributed by atoms with Gasteiger partial charge in [0.25, 0.3) is 5.91 Å². The minimum atomic E-state index is -0.249. The monoisotopic (exact) mass is 274 g/mol. The maximum atomic E-state index is 13.9. The zero-order chi connectivity index (χ0) is 14.3. The smallest absolute Gasteiger partial charge is 0.293 e. The third-order valence-corrected chi connectivity index (χ3v) is 3.50. The molecule has 104 valence electrons. The van der Waals surface area contributed by atoms with Crippen molar-refractivity contribution in [3.63, 3.8) is 0 Å². The van der Waals surface area contributed by atoms with Gasteiger partial charge in [0.15, 0.2) is 0 Å². The number of amides is 1. The standard InChI is InChI=1S/C14H15FN4O/c1-18(2)14(20)13-16-12-8-7-11(19(12)17-13)9-5-3-4-6-10(9)15/h3-6,11H,7-8H2,1-2H3. The van der Waals surface area contributed by atoms with Crippen LogP contribution < -0.4 is 0 Å². The molecular weight excluding hydrogens is 259 g/mol. The molecule has 1 aliphatic heterocycles. The molecule has 2 aromatic rings. The highest BCUT2D eigenvalue weighted by molar-refractivity contribution is 5.90. The first-order chi connectivity index (χ1) is 9.58. The van der Waals surface area contributed by atoms with E-state index in [-0.39, 0.29) is 23.6 Å². The summed E-state index contributed by atoms with van der Waals surface area (Å²) >= 11 is 0. The Morgan fingerprint density at radius 3 is 2.85 bits per heavy atom. The molecule has 1 aromatic heterocycles. The van der Waals surface area contributed by atoms with Crippen LogP contribution in [0, 0.1) is 5.82 Å². The largest absolute Gasteiger partial charge is 0.342 e. The minimum absolute atomic E-state index is 0.172. The van der Waals surface area contributed by atoms with Gasteiger partial charge in [-0.2, -0.15) is 0 Å². The molecule has 0 bridgehead atoms. The molecule has 0 spiro atoms. The minimum Gasteiger partial charge on any atom is -0.342 e. The van der Waals surface area contributed by atoms with E-state index in [4.69, 9.17) is 0 Å². The molecule has 6 heteroatoms. The summed E-state index contributed by atoms with van der Waals surface area (Å²) < 4.78 is 15.6. The lowest BCUT2D eigenvalue weighted by Crippen LogP contribution is -2.23. The zero-order valence-electron chi connectivity index (χ0n) is 11.4. The maximum absolute atomic E-state index is 13.9. The molecule has 1 aliphatic rings. The van der Waals surface area contributed by atoms with Crippen molar-refractivity contribution in [2.24, 2.45) is 0 Å². The van der Waals surface area contributed by atoms with Crippen LogP contribution in [-0.4, -0.2) is 39.7 Å². The summed E-state index contributed by atoms with van der Waals surface area (Å²) in [4.78, 5) is 17.6. The molecule has 0 aliphatic carbocycles. The number of nitrogens with zero attached hydrogens (tertiary/aromatic N) is 4. The molecule has 1 atom stereocenters. The van der Waals surface area contributed by atoms with Crippen molar-refractivity contribution in [1.82, 2.24) is 19.7 Å². The van der Waals surface area contributed by atoms with Crippen molar-refractivity contribution in [3.8, 4) is 0 Å². The summed E-state index contributed by atoms with van der Waals surface area (Å²) in [6, 6.07) is 6.48. The lowest BCUT2D eigenvalue weighted by Gasteiger charge is -2.13. The molecule has 0 N–H and O–H groups in total. The van der Waals surface area contributed by atoms with Gasteiger partial charge in [0.05, 0.1) is 6.04 Å². The number of benzene rings is 1. The van der Waals surface area contributed by atoms with Crippen molar-refractivity contribution >= 4 is 5.91 Å². The predicted molar refractivity (Wildman–Crippen MR) is 70.9 cm³/mol. The number of aromatic nitrogens is 3. The Kier molecular flexibility index (Phi) is 3.00. The maximum Gasteiger partial charge on any atom is 0.293 e. The van der Waals surface area contributed by atoms with Gasteiger partial charge in [-0.1, -0.05) is 18.2 Å². The van der Waals surface area contributed by atoms with Crippen LogP contribution in [-0.2, 0) is 6.42 Å². The van der Waals surface area contributed by atoms with Crippen molar-refractivity contribution in [2.75, 3.05) is 14.1 Å². The lowest BCUT2D eigenvalue weighted by atomic mass is 10.0. The number of rotatable bonds is 2. The fraction of sp³-hybridized carbons (Fsp3) is 0.357. The Bertz CT molecular complexity index is 665. The van der Waals surface area contributed by atoms with Gasteiger partial charge < -0.3 is 4.90 Å². The molecule has 5 nitrogen and oxygen atoms in total. The van der Waals surface area contributed by atoms with Gasteiger partial charge in [-0.05, 0) is 12.5 Å². The van der Waals surface area contributed by atoms with E-state index in [1.165, 1.54) is 11.0 Å². The van der Waals surface area contributed by atoms with Gasteiger partial charge in [0.2, 0.25) is 5.82 Å². The van der Waals surface area contributed by atoms with E-state index in [9.17, 15) is 9.18 Å². The first-order valence-electron chi connectivity index (χ1n) is 6.49. The van der Waals surface area contributed by atoms with Gasteiger partial charge in [0.1, 0.15) is 11.6 Å². The SMILES string of the molecule is CN(C)C(=O)c1nc2n(n1)C(c1ccccc1F)CC2. The lowest BCUT2D eigenvalue weighted by molar-refractivity contribution is 0.0815. The second kappa shape index (κ2) is 4.70. The van der Waals surface area contributed by atoms with Gasteiger partial charge in [-0.15, -0.1) is 5.10 Å². The highest BCUT2D eigenvalue weighted by atomic mass is 19.1. The zero-order valence-corrected chi connectivity index (χ0v) is 11.4. The van der Waals surface area contributed by atoms with Gasteiger partial charge >= 0.3 is 0 Å². The van der Waals surface area contributed by atoms with E-state index < -0.39 is 0 Å². The highest BCUT2D eigenvalue weighted by Crippen LogP contribution is 2.31. The van der Waals surface area contributed by atoms with Crippen molar-refractivity contribution < 1.29 is 9.18 Å². The summed E-state index contributed by atoms with van der Waals surface area (Å²) in [6.07, 6.45) is 1.46. The number of halogens is 1. The van der Waals surface area contributed by atoms with Crippen molar-refractivity contribution in [3.05, 3.63) is 47.3 Å². The number of hydrogen-bond donors (Lipinski definition) is 0. The summed E-state index contributed by atoms with van der Waals surface area (Å²) in [5.74, 6) is 0.426. The Morgan fingerprint density at radius 1 is 1.40 bits per heavy atom. The van der Waals surface area contributed by atoms with Crippen LogP contribution in [0.25, 0.3) is 0 Å². The molecule has 0 fully saturated rings. The van der Waals surface area contributed by atoms with E-state index in [1.54, 1.807) is 37.0 Å². The number of carbonyl (C=O) groups is 1. The fourth-order valence-corrected chi connectivity index (χ4v) is 2.49. The molecule has 2 heterocycles. The van der Waals surface area contributed by atoms with E-state index in [0.717, 1.165) is 12.2 Å². The van der Waals surface area contributed by atoms with Crippen LogP contribution in [0.4, 0.5) is 4.39 Å². The van der Waals surface area contributed by atoms with Crippen LogP contribution in [0.1, 0.15) is 34.5 Å². The van der Waals surface area contributed by atoms with E-state index in [2.05, 4.69) is 10.1 Å². The number of aryl methyl sites for hydroxylation is 1. The molecule has 0 saturated carbocycles. The molecule has 0 saturated heterocycles. The first kappa shape index (κ1) is 12.8. The summed E-state index contributed by atoms with van der Waals surface area (Å²) in [6.45, 7) is 0. The van der Waals surface area contributed by atoms with E-state index >= 15 is 0 Å². The first-order valence-corrected chi connectivity index (χ1v) is 6.49. The Balaban J connectivity index is 1.98. The third-order valence-electron chi connectivity index (χ3n) is 3.50. The van der Waals surface area contributed by atoms with Gasteiger partial charge in [-0.3, -0.25) is 4.79 Å². The molecule has 1 aromatic carbocycles. The summed E-state index contributed by atoms with van der Waals surface area (Å²) in [5.41, 5.74) is 0.597.